The lowest BCUT2D eigenvalue weighted by Gasteiger charge is -2.22. The van der Waals surface area contributed by atoms with Crippen LogP contribution in [0.4, 0.5) is 0 Å². The molecule has 1 unspecified atom stereocenters. The van der Waals surface area contributed by atoms with Gasteiger partial charge in [-0.2, -0.15) is 0 Å². The molecule has 0 saturated heterocycles. The summed E-state index contributed by atoms with van der Waals surface area (Å²) in [6.07, 6.45) is 5.17. The van der Waals surface area contributed by atoms with E-state index in [-0.39, 0.29) is 0 Å². The Morgan fingerprint density at radius 1 is 1.58 bits per heavy atom. The van der Waals surface area contributed by atoms with Crippen molar-refractivity contribution in [3.63, 3.8) is 0 Å². The van der Waals surface area contributed by atoms with Crippen LogP contribution in [0, 0.1) is 0 Å². The molecule has 2 heteroatoms. The van der Waals surface area contributed by atoms with Crippen molar-refractivity contribution < 1.29 is 4.79 Å². The highest BCUT2D eigenvalue weighted by atomic mass is 16.1. The fourth-order valence-corrected chi connectivity index (χ4v) is 1.76. The highest BCUT2D eigenvalue weighted by Gasteiger charge is 2.24. The van der Waals surface area contributed by atoms with Crippen LogP contribution in [-0.2, 0) is 4.79 Å². The van der Waals surface area contributed by atoms with E-state index in [1.54, 1.807) is 0 Å². The summed E-state index contributed by atoms with van der Waals surface area (Å²) in [5.41, 5.74) is 0. The lowest BCUT2D eigenvalue weighted by Crippen LogP contribution is -2.30. The largest absolute Gasteiger partial charge is 0.303 e. The van der Waals surface area contributed by atoms with E-state index in [0.717, 1.165) is 25.8 Å². The van der Waals surface area contributed by atoms with Gasteiger partial charge in [0.15, 0.2) is 0 Å². The van der Waals surface area contributed by atoms with E-state index in [1.807, 2.05) is 0 Å². The van der Waals surface area contributed by atoms with Crippen molar-refractivity contribution in [2.45, 2.75) is 45.1 Å². The molecule has 1 rings (SSSR count). The van der Waals surface area contributed by atoms with Crippen LogP contribution in [-0.4, -0.2) is 30.3 Å². The predicted octanol–water partition coefficient (Wildman–Crippen LogP) is 1.84. The number of nitrogens with zero attached hydrogens (tertiary/aromatic N) is 1. The molecule has 0 N–H and O–H groups in total. The molecule has 1 saturated carbocycles. The quantitative estimate of drug-likeness (QED) is 0.640. The number of hydrogen-bond donors (Lipinski definition) is 0. The minimum atomic E-state index is 0.448. The van der Waals surface area contributed by atoms with Gasteiger partial charge in [0.1, 0.15) is 5.78 Å². The molecule has 0 aliphatic heterocycles. The van der Waals surface area contributed by atoms with Crippen LogP contribution in [0.3, 0.4) is 0 Å². The normalized spacial score (nSPS) is 23.9. The molecule has 2 nitrogen and oxygen atoms in total. The Kier molecular flexibility index (Phi) is 3.73. The summed E-state index contributed by atoms with van der Waals surface area (Å²) in [5, 5.41) is 0. The summed E-state index contributed by atoms with van der Waals surface area (Å²) >= 11 is 0. The van der Waals surface area contributed by atoms with Gasteiger partial charge in [0.05, 0.1) is 0 Å². The molecule has 1 atom stereocenters. The molecule has 0 bridgehead atoms. The van der Waals surface area contributed by atoms with E-state index in [2.05, 4.69) is 18.9 Å². The van der Waals surface area contributed by atoms with Gasteiger partial charge in [-0.25, -0.2) is 0 Å². The SMILES string of the molecule is CCCCN(C)C1CCC(=O)C1. The molecule has 12 heavy (non-hydrogen) atoms. The number of carbonyl (C=O) groups excluding carboxylic acids is 1. The zero-order chi connectivity index (χ0) is 8.97. The Labute approximate surface area is 74.9 Å². The third-order valence-electron chi connectivity index (χ3n) is 2.71. The van der Waals surface area contributed by atoms with Crippen LogP contribution in [0.1, 0.15) is 39.0 Å². The molecular formula is C10H19NO. The first-order valence-electron chi connectivity index (χ1n) is 4.96. The molecule has 0 amide bonds. The van der Waals surface area contributed by atoms with E-state index >= 15 is 0 Å². The second kappa shape index (κ2) is 4.61. The Bertz CT molecular complexity index is 156. The van der Waals surface area contributed by atoms with Gasteiger partial charge in [0.2, 0.25) is 0 Å². The van der Waals surface area contributed by atoms with E-state index in [0.29, 0.717) is 11.8 Å². The highest BCUT2D eigenvalue weighted by Crippen LogP contribution is 2.19. The number of carbonyl (C=O) groups is 1. The van der Waals surface area contributed by atoms with Crippen LogP contribution in [0.2, 0.25) is 0 Å². The molecular weight excluding hydrogens is 150 g/mol. The molecule has 0 aromatic rings. The fraction of sp³-hybridized carbons (Fsp3) is 0.900. The minimum absolute atomic E-state index is 0.448. The highest BCUT2D eigenvalue weighted by molar-refractivity contribution is 5.81. The van der Waals surface area contributed by atoms with Gasteiger partial charge in [-0.15, -0.1) is 0 Å². The minimum Gasteiger partial charge on any atom is -0.303 e. The van der Waals surface area contributed by atoms with Gasteiger partial charge in [-0.05, 0) is 26.4 Å². The van der Waals surface area contributed by atoms with Crippen molar-refractivity contribution >= 4 is 5.78 Å². The fourth-order valence-electron chi connectivity index (χ4n) is 1.76. The monoisotopic (exact) mass is 169 g/mol. The number of hydrogen-bond acceptors (Lipinski definition) is 2. The lowest BCUT2D eigenvalue weighted by molar-refractivity contribution is -0.117. The Balaban J connectivity index is 2.23. The van der Waals surface area contributed by atoms with Crippen LogP contribution >= 0.6 is 0 Å². The average Bonchev–Trinajstić information content (AvgIpc) is 2.47. The smallest absolute Gasteiger partial charge is 0.134 e. The number of unbranched alkanes of at least 4 members (excludes halogenated alkanes) is 1. The Morgan fingerprint density at radius 3 is 2.83 bits per heavy atom. The Morgan fingerprint density at radius 2 is 2.33 bits per heavy atom. The molecule has 0 spiro atoms. The first-order chi connectivity index (χ1) is 5.74. The summed E-state index contributed by atoms with van der Waals surface area (Å²) < 4.78 is 0. The van der Waals surface area contributed by atoms with E-state index < -0.39 is 0 Å². The first-order valence-corrected chi connectivity index (χ1v) is 4.96. The van der Waals surface area contributed by atoms with Gasteiger partial charge in [0.25, 0.3) is 0 Å². The second-order valence-electron chi connectivity index (χ2n) is 3.77. The topological polar surface area (TPSA) is 20.3 Å². The van der Waals surface area contributed by atoms with Crippen molar-refractivity contribution in [3.8, 4) is 0 Å². The summed E-state index contributed by atoms with van der Waals surface area (Å²) in [6, 6.07) is 0.545. The van der Waals surface area contributed by atoms with E-state index in [4.69, 9.17) is 0 Å². The zero-order valence-corrected chi connectivity index (χ0v) is 8.18. The Hall–Kier alpha value is -0.370. The van der Waals surface area contributed by atoms with Crippen molar-refractivity contribution in [1.82, 2.24) is 4.90 Å². The summed E-state index contributed by atoms with van der Waals surface area (Å²) in [5.74, 6) is 0.448. The van der Waals surface area contributed by atoms with Gasteiger partial charge in [-0.1, -0.05) is 13.3 Å². The third kappa shape index (κ3) is 2.59. The van der Waals surface area contributed by atoms with Crippen molar-refractivity contribution in [2.75, 3.05) is 13.6 Å². The van der Waals surface area contributed by atoms with Crippen LogP contribution in [0.25, 0.3) is 0 Å². The standard InChI is InChI=1S/C10H19NO/c1-3-4-7-11(2)9-5-6-10(12)8-9/h9H,3-8H2,1-2H3. The molecule has 0 aromatic carbocycles. The summed E-state index contributed by atoms with van der Waals surface area (Å²) in [4.78, 5) is 13.3. The van der Waals surface area contributed by atoms with Crippen molar-refractivity contribution in [3.05, 3.63) is 0 Å². The van der Waals surface area contributed by atoms with Crippen LogP contribution in [0.15, 0.2) is 0 Å². The van der Waals surface area contributed by atoms with Gasteiger partial charge >= 0.3 is 0 Å². The number of rotatable bonds is 4. The zero-order valence-electron chi connectivity index (χ0n) is 8.18. The lowest BCUT2D eigenvalue weighted by atomic mass is 10.2. The molecule has 0 radical (unpaired) electrons. The predicted molar refractivity (Wildman–Crippen MR) is 50.2 cm³/mol. The molecule has 0 heterocycles. The van der Waals surface area contributed by atoms with Crippen LogP contribution in [0.5, 0.6) is 0 Å². The van der Waals surface area contributed by atoms with Gasteiger partial charge in [0, 0.05) is 18.9 Å². The second-order valence-corrected chi connectivity index (χ2v) is 3.77. The summed E-state index contributed by atoms with van der Waals surface area (Å²) in [6.45, 7) is 3.35. The average molecular weight is 169 g/mol. The molecule has 70 valence electrons. The molecule has 1 aliphatic rings. The van der Waals surface area contributed by atoms with Gasteiger partial charge < -0.3 is 4.90 Å². The van der Waals surface area contributed by atoms with Crippen LogP contribution < -0.4 is 0 Å². The first kappa shape index (κ1) is 9.72. The molecule has 0 aromatic heterocycles. The van der Waals surface area contributed by atoms with E-state index in [9.17, 15) is 4.79 Å². The molecule has 1 aliphatic carbocycles. The summed E-state index contributed by atoms with van der Waals surface area (Å²) in [7, 11) is 2.14. The maximum absolute atomic E-state index is 11.0. The third-order valence-corrected chi connectivity index (χ3v) is 2.71. The maximum Gasteiger partial charge on any atom is 0.134 e. The van der Waals surface area contributed by atoms with Crippen molar-refractivity contribution in [1.29, 1.82) is 0 Å². The number of ketones is 1. The van der Waals surface area contributed by atoms with E-state index in [1.165, 1.54) is 12.8 Å². The maximum atomic E-state index is 11.0. The van der Waals surface area contributed by atoms with Gasteiger partial charge in [-0.3, -0.25) is 4.79 Å². The number of Topliss-reactive ketones (excluding diaryl/α,β-unsaturated/α-hetero) is 1. The molecule has 1 fully saturated rings. The van der Waals surface area contributed by atoms with Crippen molar-refractivity contribution in [2.24, 2.45) is 0 Å².